The first kappa shape index (κ1) is 14.5. The van der Waals surface area contributed by atoms with Crippen molar-refractivity contribution in [3.05, 3.63) is 22.8 Å². The molecule has 0 aliphatic carbocycles. The summed E-state index contributed by atoms with van der Waals surface area (Å²) < 4.78 is 6.00. The van der Waals surface area contributed by atoms with Crippen LogP contribution in [0.2, 0.25) is 0 Å². The lowest BCUT2D eigenvalue weighted by Crippen LogP contribution is -2.51. The molecular weight excluding hydrogens is 300 g/mol. The number of aliphatic hydroxyl groups excluding tert-OH is 3. The zero-order valence-electron chi connectivity index (χ0n) is 11.0. The van der Waals surface area contributed by atoms with E-state index in [-0.39, 0.29) is 17.0 Å². The summed E-state index contributed by atoms with van der Waals surface area (Å²) in [5, 5.41) is 40.7. The molecule has 3 heterocycles. The molecule has 12 nitrogen and oxygen atoms in total. The van der Waals surface area contributed by atoms with Gasteiger partial charge in [0.25, 0.3) is 0 Å². The Morgan fingerprint density at radius 1 is 1.45 bits per heavy atom. The molecule has 0 bridgehead atoms. The van der Waals surface area contributed by atoms with Crippen LogP contribution in [0, 0.1) is 10.1 Å². The van der Waals surface area contributed by atoms with Gasteiger partial charge in [0.15, 0.2) is 17.0 Å². The fourth-order valence-electron chi connectivity index (χ4n) is 2.46. The van der Waals surface area contributed by atoms with E-state index < -0.39 is 35.7 Å². The first-order chi connectivity index (χ1) is 10.4. The first-order valence-corrected chi connectivity index (χ1v) is 6.16. The van der Waals surface area contributed by atoms with E-state index in [0.717, 1.165) is 17.2 Å². The van der Waals surface area contributed by atoms with Gasteiger partial charge < -0.3 is 21.1 Å². The van der Waals surface area contributed by atoms with Crippen molar-refractivity contribution >= 4 is 17.0 Å². The minimum Gasteiger partial charge on any atom is -0.394 e. The number of aromatic nitrogens is 4. The molecule has 12 heteroatoms. The van der Waals surface area contributed by atoms with E-state index in [2.05, 4.69) is 15.0 Å². The van der Waals surface area contributed by atoms with Crippen LogP contribution in [-0.2, 0) is 10.6 Å². The van der Waals surface area contributed by atoms with Gasteiger partial charge in [0.1, 0.15) is 24.9 Å². The van der Waals surface area contributed by atoms with Crippen molar-refractivity contribution in [1.82, 2.24) is 19.5 Å². The van der Waals surface area contributed by atoms with Crippen molar-refractivity contribution in [1.29, 1.82) is 0 Å². The maximum absolute atomic E-state index is 11.6. The highest BCUT2D eigenvalue weighted by Gasteiger charge is 2.66. The molecule has 0 saturated carbocycles. The van der Waals surface area contributed by atoms with Crippen LogP contribution in [-0.4, -0.2) is 64.7 Å². The molecule has 1 saturated heterocycles. The number of fused-ring (bicyclic) bond motifs is 1. The van der Waals surface area contributed by atoms with Crippen molar-refractivity contribution < 1.29 is 25.0 Å². The molecule has 1 aliphatic rings. The number of nitro groups is 1. The van der Waals surface area contributed by atoms with Crippen molar-refractivity contribution in [3.8, 4) is 0 Å². The molecule has 4 atom stereocenters. The van der Waals surface area contributed by atoms with Crippen LogP contribution in [0.1, 0.15) is 0 Å². The average molecular weight is 312 g/mol. The summed E-state index contributed by atoms with van der Waals surface area (Å²) in [6.07, 6.45) is -2.86. The number of nitrogen functional groups attached to an aromatic ring is 1. The molecule has 0 radical (unpaired) electrons. The lowest BCUT2D eigenvalue weighted by Gasteiger charge is -2.23. The van der Waals surface area contributed by atoms with Gasteiger partial charge in [-0.15, -0.1) is 0 Å². The molecule has 2 aromatic rings. The standard InChI is InChI=1S/C10H12N6O6/c11-8-5-9(13-2-12-8)15(3-14-5)10(16(20)21)7(19)6(18)4(1-17)22-10/h2-4,6-7,17-19H,1H2,(H2,11,12,13)/t4-,6-,7-,10-/m1/s1. The molecule has 3 rings (SSSR count). The summed E-state index contributed by atoms with van der Waals surface area (Å²) in [5.74, 6) is -2.59. The molecule has 118 valence electrons. The number of hydrogen-bond donors (Lipinski definition) is 4. The van der Waals surface area contributed by atoms with Gasteiger partial charge in [-0.1, -0.05) is 0 Å². The van der Waals surface area contributed by atoms with Crippen LogP contribution >= 0.6 is 0 Å². The second-order valence-electron chi connectivity index (χ2n) is 4.74. The Morgan fingerprint density at radius 3 is 2.77 bits per heavy atom. The number of hydrogen-bond acceptors (Lipinski definition) is 10. The Labute approximate surface area is 121 Å². The molecule has 5 N–H and O–H groups in total. The predicted octanol–water partition coefficient (Wildman–Crippen LogP) is -2.59. The maximum Gasteiger partial charge on any atom is 0.445 e. The van der Waals surface area contributed by atoms with Crippen LogP contribution in [0.15, 0.2) is 12.7 Å². The number of ether oxygens (including phenoxy) is 1. The maximum atomic E-state index is 11.6. The fourth-order valence-corrected chi connectivity index (χ4v) is 2.46. The second-order valence-corrected chi connectivity index (χ2v) is 4.74. The Bertz CT molecular complexity index is 736. The molecule has 1 fully saturated rings. The minimum absolute atomic E-state index is 0.00556. The largest absolute Gasteiger partial charge is 0.445 e. The quantitative estimate of drug-likeness (QED) is 0.346. The zero-order chi connectivity index (χ0) is 16.1. The molecule has 1 aliphatic heterocycles. The van der Waals surface area contributed by atoms with E-state index in [4.69, 9.17) is 15.6 Å². The van der Waals surface area contributed by atoms with E-state index in [9.17, 15) is 20.3 Å². The summed E-state index contributed by atoms with van der Waals surface area (Å²) >= 11 is 0. The Morgan fingerprint density at radius 2 is 2.18 bits per heavy atom. The van der Waals surface area contributed by atoms with Gasteiger partial charge in [-0.05, 0) is 0 Å². The second kappa shape index (κ2) is 4.81. The minimum atomic E-state index is -2.58. The monoisotopic (exact) mass is 312 g/mol. The van der Waals surface area contributed by atoms with Crippen LogP contribution in [0.25, 0.3) is 11.2 Å². The molecule has 0 unspecified atom stereocenters. The molecule has 2 aromatic heterocycles. The van der Waals surface area contributed by atoms with E-state index >= 15 is 0 Å². The molecule has 0 aromatic carbocycles. The Balaban J connectivity index is 2.24. The fraction of sp³-hybridized carbons (Fsp3) is 0.500. The average Bonchev–Trinajstić information content (AvgIpc) is 3.02. The van der Waals surface area contributed by atoms with E-state index in [1.54, 1.807) is 0 Å². The molecular formula is C10H12N6O6. The highest BCUT2D eigenvalue weighted by atomic mass is 16.7. The molecule has 0 amide bonds. The third-order valence-corrected chi connectivity index (χ3v) is 3.56. The van der Waals surface area contributed by atoms with Crippen molar-refractivity contribution in [2.45, 2.75) is 24.2 Å². The Kier molecular flexibility index (Phi) is 3.17. The van der Waals surface area contributed by atoms with Crippen LogP contribution in [0.5, 0.6) is 0 Å². The smallest absolute Gasteiger partial charge is 0.394 e. The topological polar surface area (TPSA) is 183 Å². The summed E-state index contributed by atoms with van der Waals surface area (Å²) in [6, 6.07) is 0. The zero-order valence-corrected chi connectivity index (χ0v) is 11.0. The molecule has 22 heavy (non-hydrogen) atoms. The van der Waals surface area contributed by atoms with Gasteiger partial charge in [-0.2, -0.15) is 0 Å². The van der Waals surface area contributed by atoms with E-state index in [1.807, 2.05) is 0 Å². The van der Waals surface area contributed by atoms with Crippen LogP contribution in [0.4, 0.5) is 5.82 Å². The lowest BCUT2D eigenvalue weighted by molar-refractivity contribution is -0.671. The summed E-state index contributed by atoms with van der Waals surface area (Å²) in [4.78, 5) is 22.1. The SMILES string of the molecule is Nc1ncnc2c1ncn2[C@]1([N+](=O)[O-])O[C@H](CO)[C@@H](O)[C@H]1O. The van der Waals surface area contributed by atoms with Crippen molar-refractivity contribution in [3.63, 3.8) is 0 Å². The first-order valence-electron chi connectivity index (χ1n) is 6.16. The number of rotatable bonds is 3. The lowest BCUT2D eigenvalue weighted by atomic mass is 10.1. The number of anilines is 1. The van der Waals surface area contributed by atoms with Gasteiger partial charge in [-0.3, -0.25) is 14.9 Å². The van der Waals surface area contributed by atoms with Crippen LogP contribution < -0.4 is 5.73 Å². The van der Waals surface area contributed by atoms with Gasteiger partial charge in [0, 0.05) is 0 Å². The molecule has 0 spiro atoms. The third kappa shape index (κ3) is 1.69. The van der Waals surface area contributed by atoms with Crippen molar-refractivity contribution in [2.24, 2.45) is 0 Å². The van der Waals surface area contributed by atoms with Gasteiger partial charge in [-0.25, -0.2) is 19.5 Å². The highest BCUT2D eigenvalue weighted by Crippen LogP contribution is 2.38. The van der Waals surface area contributed by atoms with Gasteiger partial charge in [0.2, 0.25) is 6.10 Å². The summed E-state index contributed by atoms with van der Waals surface area (Å²) in [6.45, 7) is -0.711. The van der Waals surface area contributed by atoms with E-state index in [0.29, 0.717) is 0 Å². The van der Waals surface area contributed by atoms with Crippen molar-refractivity contribution in [2.75, 3.05) is 12.3 Å². The number of aliphatic hydroxyl groups is 3. The number of imidazole rings is 1. The van der Waals surface area contributed by atoms with Crippen LogP contribution in [0.3, 0.4) is 0 Å². The number of nitrogens with two attached hydrogens (primary N) is 1. The highest BCUT2D eigenvalue weighted by molar-refractivity contribution is 5.81. The van der Waals surface area contributed by atoms with E-state index in [1.165, 1.54) is 0 Å². The normalized spacial score (nSPS) is 31.7. The number of nitrogens with zero attached hydrogens (tertiary/aromatic N) is 5. The summed E-state index contributed by atoms with van der Waals surface area (Å²) in [7, 11) is 0. The summed E-state index contributed by atoms with van der Waals surface area (Å²) in [5.41, 5.74) is 5.65. The predicted molar refractivity (Wildman–Crippen MR) is 68.7 cm³/mol. The Hall–Kier alpha value is -2.41. The van der Waals surface area contributed by atoms with Gasteiger partial charge in [0.05, 0.1) is 11.5 Å². The third-order valence-electron chi connectivity index (χ3n) is 3.56. The van der Waals surface area contributed by atoms with Gasteiger partial charge >= 0.3 is 5.85 Å².